The van der Waals surface area contributed by atoms with Crippen molar-refractivity contribution < 1.29 is 14.1 Å². The van der Waals surface area contributed by atoms with E-state index in [0.29, 0.717) is 18.7 Å². The van der Waals surface area contributed by atoms with Crippen molar-refractivity contribution >= 4 is 5.97 Å². The zero-order valence-electron chi connectivity index (χ0n) is 10.1. The fourth-order valence-electron chi connectivity index (χ4n) is 1.64. The first-order valence-corrected chi connectivity index (χ1v) is 5.57. The predicted molar refractivity (Wildman–Crippen MR) is 64.8 cm³/mol. The van der Waals surface area contributed by atoms with E-state index >= 15 is 0 Å². The average Bonchev–Trinajstić information content (AvgIpc) is 2.92. The Hall–Kier alpha value is -2.14. The van der Waals surface area contributed by atoms with Crippen LogP contribution in [0.2, 0.25) is 0 Å². The number of esters is 1. The lowest BCUT2D eigenvalue weighted by atomic mass is 10.1. The van der Waals surface area contributed by atoms with Crippen LogP contribution in [0.5, 0.6) is 0 Å². The Kier molecular flexibility index (Phi) is 4.09. The van der Waals surface area contributed by atoms with E-state index in [4.69, 9.17) is 9.26 Å². The molecule has 0 spiro atoms. The van der Waals surface area contributed by atoms with Crippen molar-refractivity contribution in [2.45, 2.75) is 13.1 Å². The molecule has 5 heteroatoms. The van der Waals surface area contributed by atoms with E-state index in [1.54, 1.807) is 12.1 Å². The Balaban J connectivity index is 1.98. The molecule has 0 unspecified atom stereocenters. The maximum Gasteiger partial charge on any atom is 0.338 e. The molecule has 0 atom stereocenters. The lowest BCUT2D eigenvalue weighted by Gasteiger charge is -2.08. The summed E-state index contributed by atoms with van der Waals surface area (Å²) < 4.78 is 9.47. The van der Waals surface area contributed by atoms with E-state index in [9.17, 15) is 4.79 Å². The summed E-state index contributed by atoms with van der Waals surface area (Å²) >= 11 is 0. The quantitative estimate of drug-likeness (QED) is 0.814. The smallest absolute Gasteiger partial charge is 0.338 e. The standard InChI is InChI=1S/C13H14N2O3/c1-17-13(16)12-5-3-2-4-10(12)8-14-9-11-6-7-18-15-11/h2-7,14H,8-9H2,1H3. The van der Waals surface area contributed by atoms with Gasteiger partial charge in [-0.1, -0.05) is 23.4 Å². The van der Waals surface area contributed by atoms with Gasteiger partial charge < -0.3 is 14.6 Å². The van der Waals surface area contributed by atoms with Gasteiger partial charge in [0.05, 0.1) is 18.4 Å². The third kappa shape index (κ3) is 2.95. The van der Waals surface area contributed by atoms with Gasteiger partial charge in [0.2, 0.25) is 0 Å². The Bertz CT molecular complexity index is 509. The van der Waals surface area contributed by atoms with Crippen LogP contribution in [0.15, 0.2) is 41.1 Å². The number of rotatable bonds is 5. The van der Waals surface area contributed by atoms with E-state index in [1.165, 1.54) is 13.4 Å². The van der Waals surface area contributed by atoms with Gasteiger partial charge in [-0.25, -0.2) is 4.79 Å². The van der Waals surface area contributed by atoms with Crippen molar-refractivity contribution in [1.82, 2.24) is 10.5 Å². The number of carbonyl (C=O) groups excluding carboxylic acids is 1. The average molecular weight is 246 g/mol. The summed E-state index contributed by atoms with van der Waals surface area (Å²) in [5.41, 5.74) is 2.30. The molecule has 94 valence electrons. The summed E-state index contributed by atoms with van der Waals surface area (Å²) in [6, 6.07) is 9.13. The monoisotopic (exact) mass is 246 g/mol. The Morgan fingerprint density at radius 2 is 2.17 bits per heavy atom. The van der Waals surface area contributed by atoms with Crippen molar-refractivity contribution in [2.75, 3.05) is 7.11 Å². The molecule has 0 bridgehead atoms. The number of methoxy groups -OCH3 is 1. The van der Waals surface area contributed by atoms with Crippen LogP contribution in [0.25, 0.3) is 0 Å². The van der Waals surface area contributed by atoms with E-state index in [0.717, 1.165) is 11.3 Å². The van der Waals surface area contributed by atoms with Gasteiger partial charge in [-0.05, 0) is 11.6 Å². The minimum absolute atomic E-state index is 0.325. The third-order valence-corrected chi connectivity index (χ3v) is 2.54. The topological polar surface area (TPSA) is 64.4 Å². The van der Waals surface area contributed by atoms with Crippen LogP contribution < -0.4 is 5.32 Å². The first-order chi connectivity index (χ1) is 8.81. The summed E-state index contributed by atoms with van der Waals surface area (Å²) in [4.78, 5) is 11.5. The number of benzene rings is 1. The molecule has 0 saturated heterocycles. The highest BCUT2D eigenvalue weighted by atomic mass is 16.5. The van der Waals surface area contributed by atoms with Gasteiger partial charge in [0.15, 0.2) is 0 Å². The van der Waals surface area contributed by atoms with Gasteiger partial charge in [-0.15, -0.1) is 0 Å². The molecule has 0 amide bonds. The van der Waals surface area contributed by atoms with Gasteiger partial charge in [0.1, 0.15) is 6.26 Å². The van der Waals surface area contributed by atoms with Gasteiger partial charge >= 0.3 is 5.97 Å². The minimum atomic E-state index is -0.325. The molecule has 0 fully saturated rings. The molecular weight excluding hydrogens is 232 g/mol. The SMILES string of the molecule is COC(=O)c1ccccc1CNCc1ccon1. The van der Waals surface area contributed by atoms with Gasteiger partial charge in [-0.2, -0.15) is 0 Å². The molecule has 2 aromatic rings. The summed E-state index contributed by atoms with van der Waals surface area (Å²) in [5, 5.41) is 6.99. The number of aromatic nitrogens is 1. The van der Waals surface area contributed by atoms with Crippen molar-refractivity contribution in [2.24, 2.45) is 0 Å². The predicted octanol–water partition coefficient (Wildman–Crippen LogP) is 1.75. The van der Waals surface area contributed by atoms with Crippen LogP contribution >= 0.6 is 0 Å². The van der Waals surface area contributed by atoms with Crippen LogP contribution in [0.1, 0.15) is 21.6 Å². The molecule has 2 rings (SSSR count). The number of nitrogens with one attached hydrogen (secondary N) is 1. The molecular formula is C13H14N2O3. The van der Waals surface area contributed by atoms with Gasteiger partial charge in [0.25, 0.3) is 0 Å². The molecule has 1 aromatic carbocycles. The minimum Gasteiger partial charge on any atom is -0.465 e. The maximum atomic E-state index is 11.5. The molecule has 1 N–H and O–H groups in total. The molecule has 0 aliphatic rings. The summed E-state index contributed by atoms with van der Waals surface area (Å²) in [7, 11) is 1.38. The van der Waals surface area contributed by atoms with Gasteiger partial charge in [0, 0.05) is 19.2 Å². The van der Waals surface area contributed by atoms with E-state index < -0.39 is 0 Å². The molecule has 0 saturated carbocycles. The Labute approximate surface area is 105 Å². The van der Waals surface area contributed by atoms with Crippen LogP contribution in [0, 0.1) is 0 Å². The lowest BCUT2D eigenvalue weighted by molar-refractivity contribution is 0.0599. The van der Waals surface area contributed by atoms with Crippen molar-refractivity contribution in [3.05, 3.63) is 53.4 Å². The first-order valence-electron chi connectivity index (χ1n) is 5.57. The molecule has 0 aliphatic heterocycles. The number of carbonyl (C=O) groups is 1. The van der Waals surface area contributed by atoms with E-state index in [1.807, 2.05) is 18.2 Å². The van der Waals surface area contributed by atoms with Crippen molar-refractivity contribution in [3.8, 4) is 0 Å². The fraction of sp³-hybridized carbons (Fsp3) is 0.231. The number of hydrogen-bond donors (Lipinski definition) is 1. The van der Waals surface area contributed by atoms with E-state index in [2.05, 4.69) is 10.5 Å². The van der Waals surface area contributed by atoms with Crippen molar-refractivity contribution in [3.63, 3.8) is 0 Å². The second-order valence-electron chi connectivity index (χ2n) is 3.74. The lowest BCUT2D eigenvalue weighted by Crippen LogP contribution is -2.16. The highest BCUT2D eigenvalue weighted by Crippen LogP contribution is 2.10. The summed E-state index contributed by atoms with van der Waals surface area (Å²) in [5.74, 6) is -0.325. The summed E-state index contributed by atoms with van der Waals surface area (Å²) in [6.45, 7) is 1.16. The maximum absolute atomic E-state index is 11.5. The zero-order valence-corrected chi connectivity index (χ0v) is 10.1. The highest BCUT2D eigenvalue weighted by molar-refractivity contribution is 5.90. The normalized spacial score (nSPS) is 10.3. The number of nitrogens with zero attached hydrogens (tertiary/aromatic N) is 1. The highest BCUT2D eigenvalue weighted by Gasteiger charge is 2.10. The molecule has 1 aromatic heterocycles. The van der Waals surface area contributed by atoms with Crippen molar-refractivity contribution in [1.29, 1.82) is 0 Å². The Morgan fingerprint density at radius 3 is 2.89 bits per heavy atom. The second kappa shape index (κ2) is 5.97. The molecule has 5 nitrogen and oxygen atoms in total. The zero-order chi connectivity index (χ0) is 12.8. The van der Waals surface area contributed by atoms with Crippen LogP contribution in [0.4, 0.5) is 0 Å². The second-order valence-corrected chi connectivity index (χ2v) is 3.74. The van der Waals surface area contributed by atoms with Crippen LogP contribution in [-0.4, -0.2) is 18.2 Å². The third-order valence-electron chi connectivity index (χ3n) is 2.54. The van der Waals surface area contributed by atoms with Gasteiger partial charge in [-0.3, -0.25) is 0 Å². The molecule has 0 radical (unpaired) electrons. The summed E-state index contributed by atoms with van der Waals surface area (Å²) in [6.07, 6.45) is 1.53. The first kappa shape index (κ1) is 12.3. The number of hydrogen-bond acceptors (Lipinski definition) is 5. The molecule has 0 aliphatic carbocycles. The fourth-order valence-corrected chi connectivity index (χ4v) is 1.64. The largest absolute Gasteiger partial charge is 0.465 e. The van der Waals surface area contributed by atoms with Crippen LogP contribution in [-0.2, 0) is 17.8 Å². The molecule has 18 heavy (non-hydrogen) atoms. The number of ether oxygens (including phenoxy) is 1. The van der Waals surface area contributed by atoms with Crippen LogP contribution in [0.3, 0.4) is 0 Å². The molecule has 1 heterocycles. The Morgan fingerprint density at radius 1 is 1.33 bits per heavy atom. The van der Waals surface area contributed by atoms with E-state index in [-0.39, 0.29) is 5.97 Å².